The quantitative estimate of drug-likeness (QED) is 0.652. The SMILES string of the molecule is COc1cccc(C[S+](C)C)c1. The predicted molar refractivity (Wildman–Crippen MR) is 55.9 cm³/mol. The van der Waals surface area contributed by atoms with Gasteiger partial charge in [-0.05, 0) is 23.0 Å². The van der Waals surface area contributed by atoms with Crippen molar-refractivity contribution in [2.24, 2.45) is 0 Å². The van der Waals surface area contributed by atoms with Crippen molar-refractivity contribution in [1.29, 1.82) is 0 Å². The van der Waals surface area contributed by atoms with Crippen LogP contribution in [0.1, 0.15) is 5.56 Å². The molecule has 0 unspecified atom stereocenters. The van der Waals surface area contributed by atoms with Crippen molar-refractivity contribution in [3.8, 4) is 5.75 Å². The molecule has 0 saturated heterocycles. The largest absolute Gasteiger partial charge is 0.497 e. The fourth-order valence-corrected chi connectivity index (χ4v) is 1.94. The molecular weight excluding hydrogens is 168 g/mol. The molecule has 2 heteroatoms. The van der Waals surface area contributed by atoms with Crippen LogP contribution in [0.15, 0.2) is 24.3 Å². The van der Waals surface area contributed by atoms with E-state index >= 15 is 0 Å². The van der Waals surface area contributed by atoms with Gasteiger partial charge in [0.1, 0.15) is 11.5 Å². The lowest BCUT2D eigenvalue weighted by molar-refractivity contribution is 0.414. The van der Waals surface area contributed by atoms with Crippen LogP contribution in [0.4, 0.5) is 0 Å². The van der Waals surface area contributed by atoms with Gasteiger partial charge in [-0.3, -0.25) is 0 Å². The number of rotatable bonds is 3. The normalized spacial score (nSPS) is 10.3. The molecule has 0 aliphatic rings. The van der Waals surface area contributed by atoms with Crippen LogP contribution in [-0.2, 0) is 16.6 Å². The summed E-state index contributed by atoms with van der Waals surface area (Å²) in [6.45, 7) is 0. The summed E-state index contributed by atoms with van der Waals surface area (Å²) in [5, 5.41) is 0. The first-order valence-corrected chi connectivity index (χ1v) is 6.10. The lowest BCUT2D eigenvalue weighted by Crippen LogP contribution is -1.99. The molecule has 1 rings (SSSR count). The maximum absolute atomic E-state index is 5.14. The average molecular weight is 183 g/mol. The van der Waals surface area contributed by atoms with E-state index in [0.717, 1.165) is 11.5 Å². The van der Waals surface area contributed by atoms with Crippen molar-refractivity contribution < 1.29 is 4.74 Å². The van der Waals surface area contributed by atoms with Crippen LogP contribution < -0.4 is 4.74 Å². The van der Waals surface area contributed by atoms with Crippen molar-refractivity contribution in [2.75, 3.05) is 19.6 Å². The van der Waals surface area contributed by atoms with Gasteiger partial charge in [0.15, 0.2) is 0 Å². The van der Waals surface area contributed by atoms with E-state index in [4.69, 9.17) is 4.74 Å². The van der Waals surface area contributed by atoms with E-state index in [1.807, 2.05) is 12.1 Å². The summed E-state index contributed by atoms with van der Waals surface area (Å²) < 4.78 is 5.14. The van der Waals surface area contributed by atoms with Gasteiger partial charge in [0.05, 0.1) is 19.6 Å². The highest BCUT2D eigenvalue weighted by Crippen LogP contribution is 2.14. The zero-order valence-corrected chi connectivity index (χ0v) is 8.65. The second-order valence-corrected chi connectivity index (χ2v) is 5.24. The van der Waals surface area contributed by atoms with Crippen LogP contribution >= 0.6 is 0 Å². The standard InChI is InChI=1S/C10H15OS/c1-11-10-6-4-5-9(7-10)8-12(2)3/h4-7H,8H2,1-3H3/q+1. The molecule has 0 radical (unpaired) electrons. The smallest absolute Gasteiger partial charge is 0.132 e. The first-order valence-electron chi connectivity index (χ1n) is 3.89. The highest BCUT2D eigenvalue weighted by atomic mass is 32.2. The molecule has 0 aromatic heterocycles. The summed E-state index contributed by atoms with van der Waals surface area (Å²) in [6, 6.07) is 8.27. The molecule has 12 heavy (non-hydrogen) atoms. The van der Waals surface area contributed by atoms with Gasteiger partial charge in [-0.25, -0.2) is 0 Å². The molecule has 66 valence electrons. The van der Waals surface area contributed by atoms with Gasteiger partial charge in [-0.15, -0.1) is 0 Å². The molecule has 0 spiro atoms. The molecule has 0 aliphatic heterocycles. The molecule has 1 aromatic carbocycles. The monoisotopic (exact) mass is 183 g/mol. The minimum Gasteiger partial charge on any atom is -0.497 e. The third kappa shape index (κ3) is 2.78. The molecule has 0 bridgehead atoms. The van der Waals surface area contributed by atoms with Gasteiger partial charge in [0.25, 0.3) is 0 Å². The van der Waals surface area contributed by atoms with Crippen LogP contribution in [0.2, 0.25) is 0 Å². The van der Waals surface area contributed by atoms with Crippen LogP contribution in [0.25, 0.3) is 0 Å². The molecule has 1 nitrogen and oxygen atoms in total. The summed E-state index contributed by atoms with van der Waals surface area (Å²) >= 11 is 0. The van der Waals surface area contributed by atoms with E-state index in [1.54, 1.807) is 7.11 Å². The lowest BCUT2D eigenvalue weighted by Gasteiger charge is -2.01. The highest BCUT2D eigenvalue weighted by Gasteiger charge is 2.04. The van der Waals surface area contributed by atoms with E-state index in [9.17, 15) is 0 Å². The van der Waals surface area contributed by atoms with E-state index in [2.05, 4.69) is 24.6 Å². The van der Waals surface area contributed by atoms with E-state index in [-0.39, 0.29) is 0 Å². The highest BCUT2D eigenvalue weighted by molar-refractivity contribution is 7.94. The Bertz CT molecular complexity index is 245. The van der Waals surface area contributed by atoms with Crippen LogP contribution in [0.3, 0.4) is 0 Å². The number of hydrogen-bond acceptors (Lipinski definition) is 1. The van der Waals surface area contributed by atoms with Crippen LogP contribution in [-0.4, -0.2) is 19.6 Å². The average Bonchev–Trinajstić information content (AvgIpc) is 2.03. The summed E-state index contributed by atoms with van der Waals surface area (Å²) in [5.41, 5.74) is 1.36. The maximum Gasteiger partial charge on any atom is 0.132 e. The van der Waals surface area contributed by atoms with Gasteiger partial charge < -0.3 is 4.74 Å². The molecule has 0 atom stereocenters. The van der Waals surface area contributed by atoms with Crippen LogP contribution in [0, 0.1) is 0 Å². The summed E-state index contributed by atoms with van der Waals surface area (Å²) in [5.74, 6) is 2.11. The minimum atomic E-state index is 0.468. The first kappa shape index (κ1) is 9.46. The number of ether oxygens (including phenoxy) is 1. The Morgan fingerprint density at radius 3 is 2.67 bits per heavy atom. The molecule has 0 heterocycles. The lowest BCUT2D eigenvalue weighted by atomic mass is 10.2. The Morgan fingerprint density at radius 2 is 2.08 bits per heavy atom. The van der Waals surface area contributed by atoms with Gasteiger partial charge >= 0.3 is 0 Å². The van der Waals surface area contributed by atoms with Crippen molar-refractivity contribution in [3.05, 3.63) is 29.8 Å². The maximum atomic E-state index is 5.14. The van der Waals surface area contributed by atoms with Gasteiger partial charge in [0.2, 0.25) is 0 Å². The summed E-state index contributed by atoms with van der Waals surface area (Å²) in [7, 11) is 2.17. The molecular formula is C10H15OS+. The van der Waals surface area contributed by atoms with E-state index in [1.165, 1.54) is 5.56 Å². The van der Waals surface area contributed by atoms with Crippen molar-refractivity contribution >= 4 is 10.9 Å². The molecule has 0 fully saturated rings. The van der Waals surface area contributed by atoms with Crippen LogP contribution in [0.5, 0.6) is 5.75 Å². The fourth-order valence-electron chi connectivity index (χ4n) is 1.10. The molecule has 0 aliphatic carbocycles. The second-order valence-electron chi connectivity index (χ2n) is 2.98. The Balaban J connectivity index is 2.72. The summed E-state index contributed by atoms with van der Waals surface area (Å²) in [4.78, 5) is 0. The second kappa shape index (κ2) is 4.41. The van der Waals surface area contributed by atoms with Gasteiger partial charge in [-0.1, -0.05) is 12.1 Å². The third-order valence-electron chi connectivity index (χ3n) is 1.59. The van der Waals surface area contributed by atoms with Gasteiger partial charge in [-0.2, -0.15) is 0 Å². The number of hydrogen-bond donors (Lipinski definition) is 0. The fraction of sp³-hybridized carbons (Fsp3) is 0.400. The third-order valence-corrected chi connectivity index (χ3v) is 2.50. The zero-order chi connectivity index (χ0) is 8.97. The van der Waals surface area contributed by atoms with Crippen molar-refractivity contribution in [1.82, 2.24) is 0 Å². The molecule has 0 N–H and O–H groups in total. The Hall–Kier alpha value is -0.630. The molecule has 0 amide bonds. The number of benzene rings is 1. The zero-order valence-electron chi connectivity index (χ0n) is 7.83. The van der Waals surface area contributed by atoms with Crippen molar-refractivity contribution in [2.45, 2.75) is 5.75 Å². The first-order chi connectivity index (χ1) is 5.72. The van der Waals surface area contributed by atoms with Crippen molar-refractivity contribution in [3.63, 3.8) is 0 Å². The summed E-state index contributed by atoms with van der Waals surface area (Å²) in [6.07, 6.45) is 4.50. The Kier molecular flexibility index (Phi) is 3.48. The molecule has 0 saturated carbocycles. The Labute approximate surface area is 77.1 Å². The minimum absolute atomic E-state index is 0.468. The van der Waals surface area contributed by atoms with E-state index in [0.29, 0.717) is 10.9 Å². The van der Waals surface area contributed by atoms with E-state index < -0.39 is 0 Å². The Morgan fingerprint density at radius 1 is 1.33 bits per heavy atom. The predicted octanol–water partition coefficient (Wildman–Crippen LogP) is 2.07. The molecule has 1 aromatic rings. The number of methoxy groups -OCH3 is 1. The topological polar surface area (TPSA) is 9.23 Å². The van der Waals surface area contributed by atoms with Gasteiger partial charge in [0, 0.05) is 5.56 Å².